The van der Waals surface area contributed by atoms with Crippen LogP contribution in [0.3, 0.4) is 0 Å². The Labute approximate surface area is 212 Å². The number of pyridine rings is 1. The van der Waals surface area contributed by atoms with Gasteiger partial charge in [-0.25, -0.2) is 5.01 Å². The van der Waals surface area contributed by atoms with Crippen LogP contribution in [0.1, 0.15) is 23.6 Å². The Bertz CT molecular complexity index is 1600. The fourth-order valence-electron chi connectivity index (χ4n) is 4.48. The maximum absolute atomic E-state index is 13.5. The van der Waals surface area contributed by atoms with E-state index in [1.54, 1.807) is 12.1 Å². The van der Waals surface area contributed by atoms with Crippen molar-refractivity contribution in [2.45, 2.75) is 17.6 Å². The zero-order valence-electron chi connectivity index (χ0n) is 19.6. The molecule has 8 heteroatoms. The lowest BCUT2D eigenvalue weighted by atomic mass is 9.97. The molecule has 7 nitrogen and oxygen atoms in total. The second-order valence-corrected chi connectivity index (χ2v) is 9.48. The minimum atomic E-state index is -0.194. The lowest BCUT2D eigenvalue weighted by Gasteiger charge is -2.22. The first-order valence-electron chi connectivity index (χ1n) is 11.6. The third-order valence-electron chi connectivity index (χ3n) is 6.36. The molecule has 0 aliphatic carbocycles. The Morgan fingerprint density at radius 3 is 2.61 bits per heavy atom. The summed E-state index contributed by atoms with van der Waals surface area (Å²) in [5, 5.41) is 17.9. The second kappa shape index (κ2) is 9.47. The number of hydrogen-bond acceptors (Lipinski definition) is 6. The quantitative estimate of drug-likeness (QED) is 0.298. The zero-order valence-corrected chi connectivity index (χ0v) is 20.4. The van der Waals surface area contributed by atoms with Crippen molar-refractivity contribution in [3.63, 3.8) is 0 Å². The van der Waals surface area contributed by atoms with Crippen LogP contribution in [0, 0.1) is 0 Å². The van der Waals surface area contributed by atoms with E-state index in [0.29, 0.717) is 11.6 Å². The monoisotopic (exact) mass is 493 g/mol. The zero-order chi connectivity index (χ0) is 24.5. The van der Waals surface area contributed by atoms with Gasteiger partial charge in [0.2, 0.25) is 0 Å². The summed E-state index contributed by atoms with van der Waals surface area (Å²) >= 11 is 1.36. The van der Waals surface area contributed by atoms with Crippen LogP contribution >= 0.6 is 11.8 Å². The molecule has 3 aromatic carbocycles. The fourth-order valence-corrected chi connectivity index (χ4v) is 5.26. The SMILES string of the molecule is COc1ccc([C@H]2CC(c3ccc4ccccc4c3)=NN2C(=O)CSc2nnc3ccccn23)cc1. The molecule has 5 aromatic rings. The fraction of sp³-hybridized carbons (Fsp3) is 0.143. The van der Waals surface area contributed by atoms with E-state index in [9.17, 15) is 4.79 Å². The van der Waals surface area contributed by atoms with E-state index < -0.39 is 0 Å². The molecule has 178 valence electrons. The molecule has 1 atom stereocenters. The topological polar surface area (TPSA) is 72.1 Å². The van der Waals surface area contributed by atoms with E-state index in [0.717, 1.165) is 33.6 Å². The summed E-state index contributed by atoms with van der Waals surface area (Å²) in [5.41, 5.74) is 3.69. The minimum absolute atomic E-state index is 0.0794. The normalized spacial score (nSPS) is 15.4. The van der Waals surface area contributed by atoms with Gasteiger partial charge in [0.15, 0.2) is 10.8 Å². The summed E-state index contributed by atoms with van der Waals surface area (Å²) in [6.45, 7) is 0. The van der Waals surface area contributed by atoms with Gasteiger partial charge in [-0.1, -0.05) is 66.4 Å². The van der Waals surface area contributed by atoms with Gasteiger partial charge in [0.05, 0.1) is 24.6 Å². The van der Waals surface area contributed by atoms with Gasteiger partial charge in [-0.2, -0.15) is 5.10 Å². The van der Waals surface area contributed by atoms with E-state index in [-0.39, 0.29) is 17.7 Å². The number of nitrogens with zero attached hydrogens (tertiary/aromatic N) is 5. The highest BCUT2D eigenvalue weighted by Crippen LogP contribution is 2.35. The molecule has 0 radical (unpaired) electrons. The molecule has 1 amide bonds. The number of benzene rings is 3. The molecular weight excluding hydrogens is 470 g/mol. The molecule has 1 aliphatic rings. The van der Waals surface area contributed by atoms with Gasteiger partial charge in [0, 0.05) is 12.6 Å². The van der Waals surface area contributed by atoms with Crippen LogP contribution in [0.15, 0.2) is 101 Å². The van der Waals surface area contributed by atoms with Crippen LogP contribution < -0.4 is 4.74 Å². The highest BCUT2D eigenvalue weighted by molar-refractivity contribution is 7.99. The van der Waals surface area contributed by atoms with E-state index in [1.807, 2.05) is 65.2 Å². The number of hydrogen-bond donors (Lipinski definition) is 0. The largest absolute Gasteiger partial charge is 0.497 e. The first-order valence-corrected chi connectivity index (χ1v) is 12.6. The Kier molecular flexibility index (Phi) is 5.87. The lowest BCUT2D eigenvalue weighted by Crippen LogP contribution is -2.28. The van der Waals surface area contributed by atoms with E-state index in [1.165, 1.54) is 17.1 Å². The summed E-state index contributed by atoms with van der Waals surface area (Å²) in [4.78, 5) is 13.5. The molecule has 2 aromatic heterocycles. The van der Waals surface area contributed by atoms with Crippen molar-refractivity contribution < 1.29 is 9.53 Å². The smallest absolute Gasteiger partial charge is 0.253 e. The lowest BCUT2D eigenvalue weighted by molar-refractivity contribution is -0.130. The number of hydrazone groups is 1. The van der Waals surface area contributed by atoms with Gasteiger partial charge in [-0.05, 0) is 52.2 Å². The third kappa shape index (κ3) is 4.20. The van der Waals surface area contributed by atoms with Crippen molar-refractivity contribution in [3.05, 3.63) is 102 Å². The summed E-state index contributed by atoms with van der Waals surface area (Å²) in [6.07, 6.45) is 2.53. The van der Waals surface area contributed by atoms with Crippen LogP contribution in [0.25, 0.3) is 16.4 Å². The van der Waals surface area contributed by atoms with Crippen molar-refractivity contribution in [2.75, 3.05) is 12.9 Å². The van der Waals surface area contributed by atoms with Gasteiger partial charge in [-0.3, -0.25) is 9.20 Å². The minimum Gasteiger partial charge on any atom is -0.497 e. The molecule has 6 rings (SSSR count). The number of methoxy groups -OCH3 is 1. The standard InChI is InChI=1S/C28H23N5O2S/c1-35-23-13-11-20(12-14-23)25-17-24(22-10-9-19-6-2-3-7-21(19)16-22)31-33(25)27(34)18-36-28-30-29-26-8-4-5-15-32(26)28/h2-16,25H,17-18H2,1H3/t25-/m1/s1. The van der Waals surface area contributed by atoms with Gasteiger partial charge in [-0.15, -0.1) is 10.2 Å². The molecule has 0 fully saturated rings. The van der Waals surface area contributed by atoms with Crippen molar-refractivity contribution >= 4 is 39.8 Å². The summed E-state index contributed by atoms with van der Waals surface area (Å²) in [7, 11) is 1.65. The summed E-state index contributed by atoms with van der Waals surface area (Å²) < 4.78 is 7.21. The van der Waals surface area contributed by atoms with Crippen molar-refractivity contribution in [1.29, 1.82) is 0 Å². The average Bonchev–Trinajstić information content (AvgIpc) is 3.57. The molecule has 1 aliphatic heterocycles. The molecule has 0 saturated carbocycles. The van der Waals surface area contributed by atoms with Crippen LogP contribution in [0.2, 0.25) is 0 Å². The molecule has 36 heavy (non-hydrogen) atoms. The second-order valence-electron chi connectivity index (χ2n) is 8.54. The maximum atomic E-state index is 13.5. The summed E-state index contributed by atoms with van der Waals surface area (Å²) in [5.74, 6) is 0.903. The van der Waals surface area contributed by atoms with Crippen molar-refractivity contribution in [3.8, 4) is 5.75 Å². The van der Waals surface area contributed by atoms with E-state index >= 15 is 0 Å². The van der Waals surface area contributed by atoms with Crippen LogP contribution in [0.4, 0.5) is 0 Å². The van der Waals surface area contributed by atoms with Crippen LogP contribution in [0.5, 0.6) is 5.75 Å². The molecule has 0 bridgehead atoms. The first-order chi connectivity index (χ1) is 17.7. The molecule has 0 spiro atoms. The number of carbonyl (C=O) groups excluding carboxylic acids is 1. The third-order valence-corrected chi connectivity index (χ3v) is 7.28. The molecule has 3 heterocycles. The Balaban J connectivity index is 1.30. The number of carbonyl (C=O) groups is 1. The number of amides is 1. The van der Waals surface area contributed by atoms with Gasteiger partial charge < -0.3 is 4.74 Å². The molecular formula is C28H23N5O2S. The number of rotatable bonds is 6. The van der Waals surface area contributed by atoms with Crippen molar-refractivity contribution in [1.82, 2.24) is 19.6 Å². The van der Waals surface area contributed by atoms with Crippen LogP contribution in [-0.4, -0.2) is 44.1 Å². The van der Waals surface area contributed by atoms with Gasteiger partial charge in [0.25, 0.3) is 5.91 Å². The highest BCUT2D eigenvalue weighted by Gasteiger charge is 2.33. The van der Waals surface area contributed by atoms with Crippen LogP contribution in [-0.2, 0) is 4.79 Å². The first kappa shape index (κ1) is 22.3. The average molecular weight is 494 g/mol. The van der Waals surface area contributed by atoms with Crippen molar-refractivity contribution in [2.24, 2.45) is 5.10 Å². The predicted molar refractivity (Wildman–Crippen MR) is 141 cm³/mol. The van der Waals surface area contributed by atoms with E-state index in [4.69, 9.17) is 9.84 Å². The predicted octanol–water partition coefficient (Wildman–Crippen LogP) is 5.36. The maximum Gasteiger partial charge on any atom is 0.253 e. The highest BCUT2D eigenvalue weighted by atomic mass is 32.2. The molecule has 0 saturated heterocycles. The summed E-state index contributed by atoms with van der Waals surface area (Å²) in [6, 6.07) is 28.0. The number of ether oxygens (including phenoxy) is 1. The molecule has 0 unspecified atom stereocenters. The molecule has 0 N–H and O–H groups in total. The van der Waals surface area contributed by atoms with Gasteiger partial charge in [0.1, 0.15) is 5.75 Å². The Hall–Kier alpha value is -4.17. The van der Waals surface area contributed by atoms with Gasteiger partial charge >= 0.3 is 0 Å². The number of aromatic nitrogens is 3. The van der Waals surface area contributed by atoms with E-state index in [2.05, 4.69) is 40.5 Å². The number of thioether (sulfide) groups is 1. The number of fused-ring (bicyclic) bond motifs is 2. The Morgan fingerprint density at radius 1 is 0.972 bits per heavy atom. The Morgan fingerprint density at radius 2 is 1.78 bits per heavy atom.